The van der Waals surface area contributed by atoms with Crippen molar-refractivity contribution in [3.05, 3.63) is 35.6 Å². The zero-order valence-corrected chi connectivity index (χ0v) is 12.7. The van der Waals surface area contributed by atoms with Gasteiger partial charge < -0.3 is 19.8 Å². The molecule has 1 atom stereocenters. The predicted octanol–water partition coefficient (Wildman–Crippen LogP) is 2.89. The standard InChI is InChI=1S/C17H24N2O2/c1-19-9-5-4-6-13(19)11-20-12-17-15(10-18)14-7-2-3-8-16(14)21-17/h2-3,7-8,13H,4-6,9-12,18H2,1H3. The first kappa shape index (κ1) is 14.6. The molecule has 4 heteroatoms. The van der Waals surface area contributed by atoms with Crippen LogP contribution in [0.1, 0.15) is 30.6 Å². The second-order valence-corrected chi connectivity index (χ2v) is 5.85. The first-order valence-electron chi connectivity index (χ1n) is 7.77. The molecule has 114 valence electrons. The van der Waals surface area contributed by atoms with Crippen LogP contribution in [0.5, 0.6) is 0 Å². The second kappa shape index (κ2) is 6.60. The molecule has 1 unspecified atom stereocenters. The van der Waals surface area contributed by atoms with E-state index in [1.54, 1.807) is 0 Å². The molecule has 1 aromatic carbocycles. The number of ether oxygens (including phenoxy) is 1. The Balaban J connectivity index is 1.65. The summed E-state index contributed by atoms with van der Waals surface area (Å²) in [5, 5.41) is 1.10. The number of benzene rings is 1. The van der Waals surface area contributed by atoms with Crippen molar-refractivity contribution in [1.82, 2.24) is 4.90 Å². The fraction of sp³-hybridized carbons (Fsp3) is 0.529. The lowest BCUT2D eigenvalue weighted by Crippen LogP contribution is -2.39. The van der Waals surface area contributed by atoms with Crippen molar-refractivity contribution >= 4 is 11.0 Å². The van der Waals surface area contributed by atoms with Gasteiger partial charge in [0.2, 0.25) is 0 Å². The van der Waals surface area contributed by atoms with Gasteiger partial charge in [-0.1, -0.05) is 24.6 Å². The highest BCUT2D eigenvalue weighted by molar-refractivity contribution is 5.82. The number of hydrogen-bond acceptors (Lipinski definition) is 4. The van der Waals surface area contributed by atoms with E-state index in [0.717, 1.165) is 28.9 Å². The van der Waals surface area contributed by atoms with Crippen molar-refractivity contribution in [2.45, 2.75) is 38.5 Å². The molecule has 2 N–H and O–H groups in total. The third-order valence-corrected chi connectivity index (χ3v) is 4.45. The van der Waals surface area contributed by atoms with Gasteiger partial charge in [0.1, 0.15) is 18.0 Å². The van der Waals surface area contributed by atoms with Crippen molar-refractivity contribution in [1.29, 1.82) is 0 Å². The van der Waals surface area contributed by atoms with E-state index in [4.69, 9.17) is 14.9 Å². The van der Waals surface area contributed by atoms with E-state index in [2.05, 4.69) is 18.0 Å². The number of para-hydroxylation sites is 1. The van der Waals surface area contributed by atoms with Crippen molar-refractivity contribution in [2.75, 3.05) is 20.2 Å². The molecule has 2 heterocycles. The minimum atomic E-state index is 0.485. The Bertz CT molecular complexity index is 593. The molecule has 4 nitrogen and oxygen atoms in total. The molecule has 21 heavy (non-hydrogen) atoms. The SMILES string of the molecule is CN1CCCCC1COCc1oc2ccccc2c1CN. The Morgan fingerprint density at radius 2 is 2.19 bits per heavy atom. The fourth-order valence-electron chi connectivity index (χ4n) is 3.13. The van der Waals surface area contributed by atoms with Crippen LogP contribution in [0, 0.1) is 0 Å². The fourth-order valence-corrected chi connectivity index (χ4v) is 3.13. The Hall–Kier alpha value is -1.36. The first-order valence-corrected chi connectivity index (χ1v) is 7.77. The van der Waals surface area contributed by atoms with Gasteiger partial charge in [-0.2, -0.15) is 0 Å². The summed E-state index contributed by atoms with van der Waals surface area (Å²) in [7, 11) is 2.18. The van der Waals surface area contributed by atoms with Gasteiger partial charge in [0.15, 0.2) is 0 Å². The Labute approximate surface area is 125 Å². The van der Waals surface area contributed by atoms with Crippen LogP contribution in [0.3, 0.4) is 0 Å². The van der Waals surface area contributed by atoms with Crippen LogP contribution >= 0.6 is 0 Å². The lowest BCUT2D eigenvalue weighted by atomic mass is 10.0. The van der Waals surface area contributed by atoms with Crippen LogP contribution in [-0.4, -0.2) is 31.1 Å². The summed E-state index contributed by atoms with van der Waals surface area (Å²) in [6, 6.07) is 8.56. The number of hydrogen-bond donors (Lipinski definition) is 1. The van der Waals surface area contributed by atoms with Crippen molar-refractivity contribution < 1.29 is 9.15 Å². The molecule has 1 saturated heterocycles. The molecule has 1 aliphatic rings. The highest BCUT2D eigenvalue weighted by Crippen LogP contribution is 2.26. The van der Waals surface area contributed by atoms with Gasteiger partial charge in [-0.3, -0.25) is 0 Å². The molecular weight excluding hydrogens is 264 g/mol. The predicted molar refractivity (Wildman–Crippen MR) is 84.0 cm³/mol. The zero-order chi connectivity index (χ0) is 14.7. The molecule has 1 aromatic heterocycles. The molecule has 3 rings (SSSR count). The minimum absolute atomic E-state index is 0.485. The molecule has 0 saturated carbocycles. The van der Waals surface area contributed by atoms with Gasteiger partial charge >= 0.3 is 0 Å². The van der Waals surface area contributed by atoms with Gasteiger partial charge in [0, 0.05) is 23.5 Å². The maximum absolute atomic E-state index is 5.91. The van der Waals surface area contributed by atoms with Gasteiger partial charge in [-0.05, 0) is 32.5 Å². The highest BCUT2D eigenvalue weighted by Gasteiger charge is 2.19. The van der Waals surface area contributed by atoms with Gasteiger partial charge in [0.05, 0.1) is 6.61 Å². The number of piperidine rings is 1. The molecule has 0 spiro atoms. The zero-order valence-electron chi connectivity index (χ0n) is 12.7. The van der Waals surface area contributed by atoms with E-state index in [9.17, 15) is 0 Å². The molecule has 1 aliphatic heterocycles. The first-order chi connectivity index (χ1) is 10.3. The van der Waals surface area contributed by atoms with Gasteiger partial charge in [0.25, 0.3) is 0 Å². The molecule has 0 bridgehead atoms. The third-order valence-electron chi connectivity index (χ3n) is 4.45. The van der Waals surface area contributed by atoms with E-state index in [1.165, 1.54) is 25.8 Å². The Morgan fingerprint density at radius 3 is 3.00 bits per heavy atom. The molecule has 0 radical (unpaired) electrons. The van der Waals surface area contributed by atoms with Crippen LogP contribution in [0.25, 0.3) is 11.0 Å². The number of furan rings is 1. The maximum atomic E-state index is 5.91. The number of fused-ring (bicyclic) bond motifs is 1. The average Bonchev–Trinajstić information content (AvgIpc) is 2.86. The van der Waals surface area contributed by atoms with Gasteiger partial charge in [-0.15, -0.1) is 0 Å². The maximum Gasteiger partial charge on any atom is 0.135 e. The van der Waals surface area contributed by atoms with Crippen LogP contribution in [-0.2, 0) is 17.9 Å². The van der Waals surface area contributed by atoms with Crippen molar-refractivity contribution in [2.24, 2.45) is 5.73 Å². The largest absolute Gasteiger partial charge is 0.458 e. The number of nitrogens with zero attached hydrogens (tertiary/aromatic N) is 1. The topological polar surface area (TPSA) is 51.6 Å². The summed E-state index contributed by atoms with van der Waals surface area (Å²) in [5.74, 6) is 0.872. The molecule has 2 aromatic rings. The lowest BCUT2D eigenvalue weighted by Gasteiger charge is -2.32. The van der Waals surface area contributed by atoms with Crippen molar-refractivity contribution in [3.63, 3.8) is 0 Å². The van der Waals surface area contributed by atoms with Gasteiger partial charge in [-0.25, -0.2) is 0 Å². The third kappa shape index (κ3) is 3.12. The summed E-state index contributed by atoms with van der Waals surface area (Å²) in [6.45, 7) is 2.93. The quantitative estimate of drug-likeness (QED) is 0.919. The van der Waals surface area contributed by atoms with Crippen LogP contribution < -0.4 is 5.73 Å². The van der Waals surface area contributed by atoms with E-state index in [-0.39, 0.29) is 0 Å². The molecule has 1 fully saturated rings. The highest BCUT2D eigenvalue weighted by atomic mass is 16.5. The van der Waals surface area contributed by atoms with E-state index < -0.39 is 0 Å². The Kier molecular flexibility index (Phi) is 4.58. The van der Waals surface area contributed by atoms with Crippen LogP contribution in [0.15, 0.2) is 28.7 Å². The molecular formula is C17H24N2O2. The van der Waals surface area contributed by atoms with E-state index >= 15 is 0 Å². The average molecular weight is 288 g/mol. The van der Waals surface area contributed by atoms with E-state index in [1.807, 2.05) is 18.2 Å². The summed E-state index contributed by atoms with van der Waals surface area (Å²) in [5.41, 5.74) is 7.84. The second-order valence-electron chi connectivity index (χ2n) is 5.85. The van der Waals surface area contributed by atoms with E-state index in [0.29, 0.717) is 19.2 Å². The summed E-state index contributed by atoms with van der Waals surface area (Å²) >= 11 is 0. The normalized spacial score (nSPS) is 20.2. The number of likely N-dealkylation sites (tertiary alicyclic amines) is 1. The lowest BCUT2D eigenvalue weighted by molar-refractivity contribution is 0.0376. The number of nitrogens with two attached hydrogens (primary N) is 1. The summed E-state index contributed by atoms with van der Waals surface area (Å²) in [6.07, 6.45) is 3.82. The van der Waals surface area contributed by atoms with Crippen LogP contribution in [0.2, 0.25) is 0 Å². The minimum Gasteiger partial charge on any atom is -0.458 e. The smallest absolute Gasteiger partial charge is 0.135 e. The summed E-state index contributed by atoms with van der Waals surface area (Å²) in [4.78, 5) is 2.39. The van der Waals surface area contributed by atoms with Crippen molar-refractivity contribution in [3.8, 4) is 0 Å². The molecule has 0 amide bonds. The number of rotatable bonds is 5. The summed E-state index contributed by atoms with van der Waals surface area (Å²) < 4.78 is 11.8. The monoisotopic (exact) mass is 288 g/mol. The Morgan fingerprint density at radius 1 is 1.33 bits per heavy atom. The van der Waals surface area contributed by atoms with Crippen LogP contribution in [0.4, 0.5) is 0 Å². The number of likely N-dealkylation sites (N-methyl/N-ethyl adjacent to an activating group) is 1. The molecule has 0 aliphatic carbocycles.